The molecule has 2 aromatic heterocycles. The summed E-state index contributed by atoms with van der Waals surface area (Å²) >= 11 is 1.89. The van der Waals surface area contributed by atoms with Crippen molar-refractivity contribution < 1.29 is 0 Å². The molecule has 0 radical (unpaired) electrons. The molecule has 138 valence electrons. The molecule has 0 spiro atoms. The Balaban J connectivity index is 0.00000225. The average molecular weight is 473 g/mol. The predicted molar refractivity (Wildman–Crippen MR) is 116 cm³/mol. The van der Waals surface area contributed by atoms with E-state index < -0.39 is 0 Å². The monoisotopic (exact) mass is 473 g/mol. The predicted octanol–water partition coefficient (Wildman–Crippen LogP) is 3.67. The molecule has 1 saturated carbocycles. The first-order valence-corrected chi connectivity index (χ1v) is 9.57. The summed E-state index contributed by atoms with van der Waals surface area (Å²) < 4.78 is 1.88. The van der Waals surface area contributed by atoms with Gasteiger partial charge in [-0.1, -0.05) is 25.3 Å². The van der Waals surface area contributed by atoms with Crippen molar-refractivity contribution in [2.45, 2.75) is 44.1 Å². The van der Waals surface area contributed by atoms with Gasteiger partial charge in [0, 0.05) is 37.1 Å². The van der Waals surface area contributed by atoms with Gasteiger partial charge in [0.25, 0.3) is 0 Å². The summed E-state index contributed by atoms with van der Waals surface area (Å²) in [5.41, 5.74) is 1.40. The van der Waals surface area contributed by atoms with Gasteiger partial charge in [-0.3, -0.25) is 9.67 Å². The molecule has 1 aliphatic rings. The van der Waals surface area contributed by atoms with Crippen LogP contribution in [0, 0.1) is 0 Å². The number of nitrogens with zero attached hydrogens (tertiary/aromatic N) is 3. The zero-order valence-electron chi connectivity index (χ0n) is 15.0. The number of hydrogen-bond donors (Lipinski definition) is 2. The van der Waals surface area contributed by atoms with E-state index in [2.05, 4.69) is 38.2 Å². The molecule has 25 heavy (non-hydrogen) atoms. The van der Waals surface area contributed by atoms with Gasteiger partial charge in [-0.15, -0.1) is 35.3 Å². The van der Waals surface area contributed by atoms with Crippen molar-refractivity contribution in [3.8, 4) is 0 Å². The summed E-state index contributed by atoms with van der Waals surface area (Å²) in [4.78, 5) is 5.89. The quantitative estimate of drug-likeness (QED) is 0.396. The Labute approximate surface area is 171 Å². The fourth-order valence-corrected chi connectivity index (χ4v) is 4.53. The lowest BCUT2D eigenvalue weighted by molar-refractivity contribution is 0.296. The fraction of sp³-hybridized carbons (Fsp3) is 0.556. The van der Waals surface area contributed by atoms with Crippen LogP contribution in [0.25, 0.3) is 0 Å². The summed E-state index contributed by atoms with van der Waals surface area (Å²) in [5, 5.41) is 13.4. The van der Waals surface area contributed by atoms with E-state index >= 15 is 0 Å². The highest BCUT2D eigenvalue weighted by Gasteiger charge is 2.34. The maximum absolute atomic E-state index is 4.38. The van der Waals surface area contributed by atoms with Crippen LogP contribution >= 0.6 is 35.3 Å². The standard InChI is InChI=1S/C18H27N5S.HI/c1-19-17(20-13-15-8-11-22-23(15)2)21-14-18(9-4-3-5-10-18)16-7-6-12-24-16;/h6-8,11-12H,3-5,9-10,13-14H2,1-2H3,(H2,19,20,21);1H. The largest absolute Gasteiger partial charge is 0.355 e. The summed E-state index contributed by atoms with van der Waals surface area (Å²) in [6, 6.07) is 6.49. The van der Waals surface area contributed by atoms with Gasteiger partial charge in [0.15, 0.2) is 5.96 Å². The Bertz CT molecular complexity index is 659. The Morgan fingerprint density at radius 1 is 1.28 bits per heavy atom. The molecule has 1 aliphatic carbocycles. The first-order valence-electron chi connectivity index (χ1n) is 8.69. The summed E-state index contributed by atoms with van der Waals surface area (Å²) in [6.07, 6.45) is 8.35. The van der Waals surface area contributed by atoms with E-state index in [0.717, 1.165) is 24.7 Å². The van der Waals surface area contributed by atoms with E-state index in [1.165, 1.54) is 37.0 Å². The highest BCUT2D eigenvalue weighted by atomic mass is 127. The van der Waals surface area contributed by atoms with Crippen LogP contribution in [0.2, 0.25) is 0 Å². The van der Waals surface area contributed by atoms with Crippen LogP contribution in [-0.4, -0.2) is 29.3 Å². The molecule has 0 amide bonds. The Kier molecular flexibility index (Phi) is 7.74. The molecule has 3 rings (SSSR count). The topological polar surface area (TPSA) is 54.2 Å². The molecule has 5 nitrogen and oxygen atoms in total. The van der Waals surface area contributed by atoms with Crippen LogP contribution in [-0.2, 0) is 19.0 Å². The van der Waals surface area contributed by atoms with E-state index in [4.69, 9.17) is 0 Å². The van der Waals surface area contributed by atoms with Crippen molar-refractivity contribution in [1.29, 1.82) is 0 Å². The number of aromatic nitrogens is 2. The van der Waals surface area contributed by atoms with Crippen molar-refractivity contribution in [2.24, 2.45) is 12.0 Å². The molecular formula is C18H28IN5S. The smallest absolute Gasteiger partial charge is 0.191 e. The zero-order valence-corrected chi connectivity index (χ0v) is 18.1. The molecule has 0 saturated heterocycles. The van der Waals surface area contributed by atoms with Crippen LogP contribution in [0.5, 0.6) is 0 Å². The summed E-state index contributed by atoms with van der Waals surface area (Å²) in [6.45, 7) is 1.67. The van der Waals surface area contributed by atoms with Crippen molar-refractivity contribution in [1.82, 2.24) is 20.4 Å². The van der Waals surface area contributed by atoms with Gasteiger partial charge in [-0.2, -0.15) is 5.10 Å². The number of aliphatic imine (C=N–C) groups is 1. The lowest BCUT2D eigenvalue weighted by Gasteiger charge is -2.37. The molecule has 0 atom stereocenters. The molecule has 2 N–H and O–H groups in total. The molecule has 0 bridgehead atoms. The second kappa shape index (κ2) is 9.56. The minimum Gasteiger partial charge on any atom is -0.355 e. The SMILES string of the molecule is CN=C(NCc1ccnn1C)NCC1(c2cccs2)CCCCC1.I. The average Bonchev–Trinajstić information content (AvgIpc) is 3.28. The van der Waals surface area contributed by atoms with Gasteiger partial charge in [0.2, 0.25) is 0 Å². The van der Waals surface area contributed by atoms with Crippen molar-refractivity contribution >= 4 is 41.3 Å². The van der Waals surface area contributed by atoms with Crippen molar-refractivity contribution in [2.75, 3.05) is 13.6 Å². The van der Waals surface area contributed by atoms with Crippen molar-refractivity contribution in [3.05, 3.63) is 40.3 Å². The molecule has 0 aliphatic heterocycles. The van der Waals surface area contributed by atoms with E-state index in [-0.39, 0.29) is 29.4 Å². The second-order valence-corrected chi connectivity index (χ2v) is 7.49. The van der Waals surface area contributed by atoms with Gasteiger partial charge in [0.05, 0.1) is 12.2 Å². The van der Waals surface area contributed by atoms with Crippen LogP contribution in [0.3, 0.4) is 0 Å². The highest BCUT2D eigenvalue weighted by molar-refractivity contribution is 14.0. The van der Waals surface area contributed by atoms with Crippen LogP contribution in [0.15, 0.2) is 34.8 Å². The maximum Gasteiger partial charge on any atom is 0.191 e. The zero-order chi connectivity index (χ0) is 16.8. The normalized spacial score (nSPS) is 17.0. The number of rotatable bonds is 5. The third kappa shape index (κ3) is 4.97. The second-order valence-electron chi connectivity index (χ2n) is 6.54. The van der Waals surface area contributed by atoms with E-state index in [9.17, 15) is 0 Å². The Morgan fingerprint density at radius 2 is 2.08 bits per heavy atom. The molecule has 7 heteroatoms. The van der Waals surface area contributed by atoms with E-state index in [1.54, 1.807) is 0 Å². The number of nitrogens with one attached hydrogen (secondary N) is 2. The third-order valence-electron chi connectivity index (χ3n) is 5.03. The van der Waals surface area contributed by atoms with Gasteiger partial charge >= 0.3 is 0 Å². The number of halogens is 1. The molecule has 0 unspecified atom stereocenters. The van der Waals surface area contributed by atoms with E-state index in [1.807, 2.05) is 42.4 Å². The minimum atomic E-state index is 0. The number of hydrogen-bond acceptors (Lipinski definition) is 3. The van der Waals surface area contributed by atoms with Gasteiger partial charge in [-0.25, -0.2) is 0 Å². The van der Waals surface area contributed by atoms with Crippen LogP contribution in [0.4, 0.5) is 0 Å². The maximum atomic E-state index is 4.38. The van der Waals surface area contributed by atoms with Gasteiger partial charge in [-0.05, 0) is 30.4 Å². The van der Waals surface area contributed by atoms with Crippen LogP contribution < -0.4 is 10.6 Å². The highest BCUT2D eigenvalue weighted by Crippen LogP contribution is 2.41. The lowest BCUT2D eigenvalue weighted by atomic mass is 9.73. The third-order valence-corrected chi connectivity index (χ3v) is 6.15. The first kappa shape index (κ1) is 20.2. The fourth-order valence-electron chi connectivity index (χ4n) is 3.54. The Morgan fingerprint density at radius 3 is 2.68 bits per heavy atom. The minimum absolute atomic E-state index is 0. The van der Waals surface area contributed by atoms with E-state index in [0.29, 0.717) is 0 Å². The molecule has 1 fully saturated rings. The molecule has 2 aromatic rings. The number of guanidine groups is 1. The van der Waals surface area contributed by atoms with Crippen LogP contribution in [0.1, 0.15) is 42.7 Å². The Hall–Kier alpha value is -1.09. The summed E-state index contributed by atoms with van der Waals surface area (Å²) in [5.74, 6) is 0.859. The number of thiophene rings is 1. The molecule has 0 aromatic carbocycles. The van der Waals surface area contributed by atoms with Gasteiger partial charge < -0.3 is 10.6 Å². The van der Waals surface area contributed by atoms with Crippen molar-refractivity contribution in [3.63, 3.8) is 0 Å². The lowest BCUT2D eigenvalue weighted by Crippen LogP contribution is -2.46. The van der Waals surface area contributed by atoms with Gasteiger partial charge in [0.1, 0.15) is 0 Å². The molecule has 2 heterocycles. The number of aryl methyl sites for hydroxylation is 1. The summed E-state index contributed by atoms with van der Waals surface area (Å²) in [7, 11) is 3.79. The first-order chi connectivity index (χ1) is 11.7. The molecular weight excluding hydrogens is 445 g/mol.